The Hall–Kier alpha value is -1.97. The van der Waals surface area contributed by atoms with Gasteiger partial charge in [-0.05, 0) is 36.2 Å². The molecule has 0 bridgehead atoms. The minimum absolute atomic E-state index is 0.153. The van der Waals surface area contributed by atoms with Crippen molar-refractivity contribution in [3.05, 3.63) is 65.0 Å². The van der Waals surface area contributed by atoms with E-state index in [1.165, 1.54) is 24.3 Å². The van der Waals surface area contributed by atoms with E-state index in [1.807, 2.05) is 0 Å². The smallest absolute Gasteiger partial charge is 0.152 e. The Labute approximate surface area is 103 Å². The molecule has 0 aromatic heterocycles. The molecule has 0 aliphatic carbocycles. The van der Waals surface area contributed by atoms with Crippen LogP contribution in [0.15, 0.2) is 36.4 Å². The second-order valence-corrected chi connectivity index (χ2v) is 4.03. The van der Waals surface area contributed by atoms with Gasteiger partial charge >= 0.3 is 0 Å². The lowest BCUT2D eigenvalue weighted by atomic mass is 10.1. The summed E-state index contributed by atoms with van der Waals surface area (Å²) in [5, 5.41) is 2.69. The van der Waals surface area contributed by atoms with Crippen LogP contribution in [0.1, 0.15) is 11.1 Å². The molecule has 0 atom stereocenters. The van der Waals surface area contributed by atoms with E-state index in [9.17, 15) is 13.2 Å². The van der Waals surface area contributed by atoms with E-state index < -0.39 is 11.6 Å². The van der Waals surface area contributed by atoms with Gasteiger partial charge < -0.3 is 5.32 Å². The molecule has 2 aromatic rings. The molecule has 94 valence electrons. The fraction of sp³-hybridized carbons (Fsp3) is 0.143. The fourth-order valence-corrected chi connectivity index (χ4v) is 1.61. The van der Waals surface area contributed by atoms with Crippen LogP contribution in [0.3, 0.4) is 0 Å². The van der Waals surface area contributed by atoms with Crippen molar-refractivity contribution in [3.63, 3.8) is 0 Å². The summed E-state index contributed by atoms with van der Waals surface area (Å²) in [6, 6.07) is 8.33. The van der Waals surface area contributed by atoms with E-state index in [0.717, 1.165) is 5.56 Å². The van der Waals surface area contributed by atoms with Gasteiger partial charge in [0.15, 0.2) is 5.82 Å². The molecule has 1 N–H and O–H groups in total. The highest BCUT2D eigenvalue weighted by Gasteiger charge is 2.10. The first-order chi connectivity index (χ1) is 8.58. The molecule has 0 radical (unpaired) electrons. The molecular formula is C14H12F3N. The van der Waals surface area contributed by atoms with E-state index in [0.29, 0.717) is 5.56 Å². The van der Waals surface area contributed by atoms with Crippen molar-refractivity contribution in [1.29, 1.82) is 0 Å². The van der Waals surface area contributed by atoms with E-state index >= 15 is 0 Å². The van der Waals surface area contributed by atoms with Crippen LogP contribution < -0.4 is 5.32 Å². The standard InChI is InChI=1S/C14H12F3N/c1-9-2-7-12(16)14(13(9)17)18-8-10-3-5-11(15)6-4-10/h2-7,18H,8H2,1H3. The maximum atomic E-state index is 13.7. The van der Waals surface area contributed by atoms with Crippen molar-refractivity contribution in [2.75, 3.05) is 5.32 Å². The van der Waals surface area contributed by atoms with Crippen molar-refractivity contribution < 1.29 is 13.2 Å². The van der Waals surface area contributed by atoms with Gasteiger partial charge in [-0.15, -0.1) is 0 Å². The summed E-state index contributed by atoms with van der Waals surface area (Å²) in [5.41, 5.74) is 0.967. The molecule has 0 spiro atoms. The van der Waals surface area contributed by atoms with E-state index in [1.54, 1.807) is 19.1 Å². The van der Waals surface area contributed by atoms with Crippen LogP contribution >= 0.6 is 0 Å². The number of anilines is 1. The zero-order valence-corrected chi connectivity index (χ0v) is 9.81. The molecule has 0 saturated heterocycles. The van der Waals surface area contributed by atoms with Gasteiger partial charge in [0.1, 0.15) is 17.3 Å². The number of halogens is 3. The lowest BCUT2D eigenvalue weighted by Gasteiger charge is -2.10. The van der Waals surface area contributed by atoms with Crippen molar-refractivity contribution in [2.24, 2.45) is 0 Å². The third-order valence-electron chi connectivity index (χ3n) is 2.67. The third kappa shape index (κ3) is 2.64. The summed E-state index contributed by atoms with van der Waals surface area (Å²) < 4.78 is 39.8. The number of hydrogen-bond donors (Lipinski definition) is 1. The Morgan fingerprint density at radius 2 is 1.61 bits per heavy atom. The number of aryl methyl sites for hydroxylation is 1. The van der Waals surface area contributed by atoms with Gasteiger partial charge in [0.05, 0.1) is 0 Å². The number of nitrogens with one attached hydrogen (secondary N) is 1. The average molecular weight is 251 g/mol. The number of hydrogen-bond acceptors (Lipinski definition) is 1. The van der Waals surface area contributed by atoms with Gasteiger partial charge in [0.25, 0.3) is 0 Å². The minimum Gasteiger partial charge on any atom is -0.376 e. The summed E-state index contributed by atoms with van der Waals surface area (Å²) in [6.45, 7) is 1.80. The van der Waals surface area contributed by atoms with Crippen molar-refractivity contribution in [3.8, 4) is 0 Å². The Kier molecular flexibility index (Phi) is 3.55. The van der Waals surface area contributed by atoms with Crippen LogP contribution in [0.4, 0.5) is 18.9 Å². The van der Waals surface area contributed by atoms with Crippen LogP contribution in [-0.4, -0.2) is 0 Å². The SMILES string of the molecule is Cc1ccc(F)c(NCc2ccc(F)cc2)c1F. The predicted molar refractivity (Wildman–Crippen MR) is 64.8 cm³/mol. The highest BCUT2D eigenvalue weighted by Crippen LogP contribution is 2.22. The Balaban J connectivity index is 2.15. The summed E-state index contributed by atoms with van der Waals surface area (Å²) in [7, 11) is 0. The van der Waals surface area contributed by atoms with Crippen molar-refractivity contribution in [1.82, 2.24) is 0 Å². The molecule has 0 unspecified atom stereocenters. The van der Waals surface area contributed by atoms with Crippen LogP contribution in [0, 0.1) is 24.4 Å². The summed E-state index contributed by atoms with van der Waals surface area (Å²) in [4.78, 5) is 0. The van der Waals surface area contributed by atoms with Crippen LogP contribution in [0.5, 0.6) is 0 Å². The lowest BCUT2D eigenvalue weighted by molar-refractivity contribution is 0.582. The number of benzene rings is 2. The summed E-state index contributed by atoms with van der Waals surface area (Å²) in [6.07, 6.45) is 0. The monoisotopic (exact) mass is 251 g/mol. The van der Waals surface area contributed by atoms with Gasteiger partial charge in [0, 0.05) is 6.54 Å². The van der Waals surface area contributed by atoms with Gasteiger partial charge in [-0.3, -0.25) is 0 Å². The summed E-state index contributed by atoms with van der Waals surface area (Å²) in [5.74, 6) is -1.58. The highest BCUT2D eigenvalue weighted by molar-refractivity contribution is 5.49. The second kappa shape index (κ2) is 5.12. The zero-order valence-electron chi connectivity index (χ0n) is 9.81. The molecule has 0 saturated carbocycles. The lowest BCUT2D eigenvalue weighted by Crippen LogP contribution is -2.05. The van der Waals surface area contributed by atoms with Gasteiger partial charge in [0.2, 0.25) is 0 Å². The second-order valence-electron chi connectivity index (χ2n) is 4.03. The number of rotatable bonds is 3. The van der Waals surface area contributed by atoms with Crippen molar-refractivity contribution in [2.45, 2.75) is 13.5 Å². The molecule has 0 aliphatic rings. The fourth-order valence-electron chi connectivity index (χ4n) is 1.61. The third-order valence-corrected chi connectivity index (χ3v) is 2.67. The zero-order chi connectivity index (χ0) is 13.1. The molecule has 18 heavy (non-hydrogen) atoms. The quantitative estimate of drug-likeness (QED) is 0.868. The molecule has 0 aliphatic heterocycles. The minimum atomic E-state index is -0.639. The summed E-state index contributed by atoms with van der Waals surface area (Å²) >= 11 is 0. The molecule has 2 aromatic carbocycles. The molecule has 2 rings (SSSR count). The van der Waals surface area contributed by atoms with E-state index in [4.69, 9.17) is 0 Å². The highest BCUT2D eigenvalue weighted by atomic mass is 19.1. The molecule has 0 heterocycles. The topological polar surface area (TPSA) is 12.0 Å². The first kappa shape index (κ1) is 12.5. The normalized spacial score (nSPS) is 10.4. The van der Waals surface area contributed by atoms with Crippen LogP contribution in [0.2, 0.25) is 0 Å². The maximum absolute atomic E-state index is 13.7. The molecule has 0 fully saturated rings. The van der Waals surface area contributed by atoms with Crippen molar-refractivity contribution >= 4 is 5.69 Å². The molecular weight excluding hydrogens is 239 g/mol. The Bertz CT molecular complexity index is 550. The average Bonchev–Trinajstić information content (AvgIpc) is 2.36. The first-order valence-electron chi connectivity index (χ1n) is 5.51. The molecule has 4 heteroatoms. The molecule has 0 amide bonds. The van der Waals surface area contributed by atoms with Gasteiger partial charge in [-0.1, -0.05) is 18.2 Å². The van der Waals surface area contributed by atoms with E-state index in [2.05, 4.69) is 5.32 Å². The van der Waals surface area contributed by atoms with Gasteiger partial charge in [-0.2, -0.15) is 0 Å². The van der Waals surface area contributed by atoms with Crippen LogP contribution in [-0.2, 0) is 6.54 Å². The van der Waals surface area contributed by atoms with E-state index in [-0.39, 0.29) is 18.0 Å². The first-order valence-corrected chi connectivity index (χ1v) is 5.51. The predicted octanol–water partition coefficient (Wildman–Crippen LogP) is 4.02. The van der Waals surface area contributed by atoms with Gasteiger partial charge in [-0.25, -0.2) is 13.2 Å². The Morgan fingerprint density at radius 3 is 2.28 bits per heavy atom. The largest absolute Gasteiger partial charge is 0.376 e. The Morgan fingerprint density at radius 1 is 0.944 bits per heavy atom. The maximum Gasteiger partial charge on any atom is 0.152 e. The van der Waals surface area contributed by atoms with Crippen LogP contribution in [0.25, 0.3) is 0 Å². The molecule has 1 nitrogen and oxygen atoms in total.